The number of carbonyl (C=O) groups is 2. The lowest BCUT2D eigenvalue weighted by Gasteiger charge is -2.21. The third kappa shape index (κ3) is 5.06. The first-order valence-corrected chi connectivity index (χ1v) is 8.12. The van der Waals surface area contributed by atoms with Gasteiger partial charge in [0.05, 0.1) is 6.61 Å². The molecule has 1 aromatic rings. The summed E-state index contributed by atoms with van der Waals surface area (Å²) in [4.78, 5) is 26.3. The molecule has 5 heteroatoms. The van der Waals surface area contributed by atoms with E-state index in [9.17, 15) is 9.59 Å². The van der Waals surface area contributed by atoms with Crippen molar-refractivity contribution >= 4 is 11.8 Å². The average molecular weight is 318 g/mol. The summed E-state index contributed by atoms with van der Waals surface area (Å²) in [6.07, 6.45) is 2.00. The molecule has 1 aliphatic carbocycles. The van der Waals surface area contributed by atoms with Crippen LogP contribution in [-0.2, 0) is 0 Å². The second kappa shape index (κ2) is 7.13. The molecule has 0 spiro atoms. The van der Waals surface area contributed by atoms with E-state index < -0.39 is 0 Å². The van der Waals surface area contributed by atoms with E-state index >= 15 is 0 Å². The van der Waals surface area contributed by atoms with Crippen molar-refractivity contribution in [1.82, 2.24) is 10.2 Å². The maximum atomic E-state index is 12.5. The molecule has 0 radical (unpaired) electrons. The van der Waals surface area contributed by atoms with Crippen molar-refractivity contribution in [3.05, 3.63) is 35.4 Å². The summed E-state index contributed by atoms with van der Waals surface area (Å²) < 4.78 is 0. The van der Waals surface area contributed by atoms with Gasteiger partial charge in [0.2, 0.25) is 0 Å². The molecule has 2 rings (SSSR count). The number of nitrogens with zero attached hydrogens (tertiary/aromatic N) is 1. The molecule has 0 saturated heterocycles. The van der Waals surface area contributed by atoms with Crippen molar-refractivity contribution in [3.8, 4) is 0 Å². The fraction of sp³-hybridized carbons (Fsp3) is 0.556. The van der Waals surface area contributed by atoms with Crippen LogP contribution in [-0.4, -0.2) is 47.6 Å². The lowest BCUT2D eigenvalue weighted by atomic mass is 9.97. The molecule has 0 unspecified atom stereocenters. The minimum Gasteiger partial charge on any atom is -0.395 e. The number of rotatable bonds is 6. The van der Waals surface area contributed by atoms with Crippen LogP contribution in [0, 0.1) is 5.41 Å². The smallest absolute Gasteiger partial charge is 0.254 e. The van der Waals surface area contributed by atoms with Crippen molar-refractivity contribution in [2.45, 2.75) is 39.7 Å². The Hall–Kier alpha value is -1.88. The van der Waals surface area contributed by atoms with Crippen molar-refractivity contribution in [2.75, 3.05) is 19.7 Å². The number of hydrogen-bond donors (Lipinski definition) is 2. The fourth-order valence-corrected chi connectivity index (χ4v) is 2.32. The molecular formula is C18H26N2O3. The van der Waals surface area contributed by atoms with Gasteiger partial charge in [0.25, 0.3) is 11.8 Å². The Morgan fingerprint density at radius 1 is 1.17 bits per heavy atom. The topological polar surface area (TPSA) is 69.6 Å². The molecular weight excluding hydrogens is 292 g/mol. The summed E-state index contributed by atoms with van der Waals surface area (Å²) in [6.45, 7) is 7.10. The van der Waals surface area contributed by atoms with Crippen LogP contribution in [0.25, 0.3) is 0 Å². The number of aliphatic hydroxyl groups excluding tert-OH is 1. The van der Waals surface area contributed by atoms with Crippen LogP contribution >= 0.6 is 0 Å². The number of amides is 2. The second-order valence-corrected chi connectivity index (χ2v) is 7.27. The maximum absolute atomic E-state index is 12.5. The van der Waals surface area contributed by atoms with Gasteiger partial charge >= 0.3 is 0 Å². The van der Waals surface area contributed by atoms with Gasteiger partial charge in [-0.3, -0.25) is 9.59 Å². The highest BCUT2D eigenvalue weighted by molar-refractivity contribution is 5.98. The normalized spacial score (nSPS) is 14.4. The highest BCUT2D eigenvalue weighted by atomic mass is 16.3. The molecule has 0 atom stereocenters. The average Bonchev–Trinajstić information content (AvgIpc) is 3.34. The molecule has 5 nitrogen and oxygen atoms in total. The Bertz CT molecular complexity index is 557. The van der Waals surface area contributed by atoms with Crippen LogP contribution in [0.15, 0.2) is 24.3 Å². The van der Waals surface area contributed by atoms with Crippen molar-refractivity contribution < 1.29 is 14.7 Å². The maximum Gasteiger partial charge on any atom is 0.254 e. The van der Waals surface area contributed by atoms with Crippen LogP contribution in [0.4, 0.5) is 0 Å². The molecule has 1 aliphatic rings. The minimum atomic E-state index is -0.131. The Balaban J connectivity index is 2.00. The molecule has 0 bridgehead atoms. The number of carbonyl (C=O) groups excluding carboxylic acids is 2. The van der Waals surface area contributed by atoms with E-state index in [0.29, 0.717) is 24.2 Å². The van der Waals surface area contributed by atoms with Gasteiger partial charge in [0.1, 0.15) is 0 Å². The zero-order valence-electron chi connectivity index (χ0n) is 14.1. The van der Waals surface area contributed by atoms with Crippen molar-refractivity contribution in [1.29, 1.82) is 0 Å². The lowest BCUT2D eigenvalue weighted by molar-refractivity contribution is 0.0707. The van der Waals surface area contributed by atoms with Gasteiger partial charge in [-0.05, 0) is 42.5 Å². The van der Waals surface area contributed by atoms with Crippen molar-refractivity contribution in [2.24, 2.45) is 5.41 Å². The predicted molar refractivity (Wildman–Crippen MR) is 89.4 cm³/mol. The van der Waals surface area contributed by atoms with Gasteiger partial charge in [0.15, 0.2) is 0 Å². The van der Waals surface area contributed by atoms with Gasteiger partial charge in [0, 0.05) is 30.3 Å². The van der Waals surface area contributed by atoms with E-state index in [0.717, 1.165) is 12.8 Å². The zero-order chi connectivity index (χ0) is 17.0. The molecule has 1 fully saturated rings. The largest absolute Gasteiger partial charge is 0.395 e. The summed E-state index contributed by atoms with van der Waals surface area (Å²) in [5.74, 6) is -0.212. The third-order valence-corrected chi connectivity index (χ3v) is 3.76. The molecule has 2 N–H and O–H groups in total. The molecule has 0 aromatic heterocycles. The first-order chi connectivity index (χ1) is 10.8. The minimum absolute atomic E-state index is 0.0284. The fourth-order valence-electron chi connectivity index (χ4n) is 2.32. The number of hydrogen-bond acceptors (Lipinski definition) is 3. The van der Waals surface area contributed by atoms with E-state index in [2.05, 4.69) is 26.1 Å². The highest BCUT2D eigenvalue weighted by Crippen LogP contribution is 2.28. The Labute approximate surface area is 137 Å². The summed E-state index contributed by atoms with van der Waals surface area (Å²) in [5, 5.41) is 12.0. The number of nitrogens with one attached hydrogen (secondary N) is 1. The summed E-state index contributed by atoms with van der Waals surface area (Å²) in [5.41, 5.74) is 1.13. The Kier molecular flexibility index (Phi) is 5.42. The molecule has 2 amide bonds. The van der Waals surface area contributed by atoms with E-state index in [1.807, 2.05) is 0 Å². The van der Waals surface area contributed by atoms with Crippen LogP contribution < -0.4 is 5.32 Å². The Morgan fingerprint density at radius 2 is 1.74 bits per heavy atom. The van der Waals surface area contributed by atoms with Crippen LogP contribution in [0.2, 0.25) is 0 Å². The second-order valence-electron chi connectivity index (χ2n) is 7.27. The highest BCUT2D eigenvalue weighted by Gasteiger charge is 2.32. The van der Waals surface area contributed by atoms with E-state index in [-0.39, 0.29) is 29.9 Å². The predicted octanol–water partition coefficient (Wildman–Crippen LogP) is 2.06. The summed E-state index contributed by atoms with van der Waals surface area (Å²) in [7, 11) is 0. The molecule has 1 saturated carbocycles. The first-order valence-electron chi connectivity index (χ1n) is 8.12. The van der Waals surface area contributed by atoms with Crippen LogP contribution in [0.5, 0.6) is 0 Å². The van der Waals surface area contributed by atoms with Gasteiger partial charge in [-0.25, -0.2) is 0 Å². The summed E-state index contributed by atoms with van der Waals surface area (Å²) >= 11 is 0. The summed E-state index contributed by atoms with van der Waals surface area (Å²) in [6, 6.07) is 6.97. The quantitative estimate of drug-likeness (QED) is 0.843. The SMILES string of the molecule is CC(C)(C)CNC(=O)c1ccc(C(=O)N(CCO)C2CC2)cc1. The van der Waals surface area contributed by atoms with E-state index in [1.165, 1.54) is 0 Å². The van der Waals surface area contributed by atoms with E-state index in [1.54, 1.807) is 29.2 Å². The standard InChI is InChI=1S/C18H26N2O3/c1-18(2,3)12-19-16(22)13-4-6-14(7-5-13)17(23)20(10-11-21)15-8-9-15/h4-7,15,21H,8-12H2,1-3H3,(H,19,22). The molecule has 1 aromatic carbocycles. The van der Waals surface area contributed by atoms with Crippen molar-refractivity contribution in [3.63, 3.8) is 0 Å². The molecule has 23 heavy (non-hydrogen) atoms. The van der Waals surface area contributed by atoms with Crippen LogP contribution in [0.3, 0.4) is 0 Å². The Morgan fingerprint density at radius 3 is 2.22 bits per heavy atom. The third-order valence-electron chi connectivity index (χ3n) is 3.76. The van der Waals surface area contributed by atoms with Gasteiger partial charge in [-0.1, -0.05) is 20.8 Å². The van der Waals surface area contributed by atoms with E-state index in [4.69, 9.17) is 5.11 Å². The van der Waals surface area contributed by atoms with Crippen LogP contribution in [0.1, 0.15) is 54.3 Å². The lowest BCUT2D eigenvalue weighted by Crippen LogP contribution is -2.35. The monoisotopic (exact) mass is 318 g/mol. The molecule has 126 valence electrons. The van der Waals surface area contributed by atoms with Gasteiger partial charge < -0.3 is 15.3 Å². The molecule has 0 aliphatic heterocycles. The zero-order valence-corrected chi connectivity index (χ0v) is 14.1. The number of benzene rings is 1. The number of aliphatic hydroxyl groups is 1. The first kappa shape index (κ1) is 17.5. The van der Waals surface area contributed by atoms with Gasteiger partial charge in [-0.2, -0.15) is 0 Å². The van der Waals surface area contributed by atoms with Gasteiger partial charge in [-0.15, -0.1) is 0 Å². The molecule has 0 heterocycles.